The molecule has 0 radical (unpaired) electrons. The topological polar surface area (TPSA) is 45.2 Å². The van der Waals surface area contributed by atoms with Crippen molar-refractivity contribution in [3.05, 3.63) is 22.3 Å². The third-order valence-electron chi connectivity index (χ3n) is 2.41. The summed E-state index contributed by atoms with van der Waals surface area (Å²) in [6, 6.07) is 1.81. The highest BCUT2D eigenvalue weighted by molar-refractivity contribution is 9.10. The monoisotopic (exact) mass is 331 g/mol. The first kappa shape index (κ1) is 15.3. The van der Waals surface area contributed by atoms with E-state index in [1.165, 1.54) is 0 Å². The van der Waals surface area contributed by atoms with Gasteiger partial charge in [0.15, 0.2) is 0 Å². The zero-order chi connectivity index (χ0) is 13.5. The largest absolute Gasteiger partial charge is 0.370 e. The first-order valence-electron chi connectivity index (χ1n) is 5.74. The minimum Gasteiger partial charge on any atom is -0.370 e. The predicted octanol–water partition coefficient (Wildman–Crippen LogP) is 2.71. The first-order valence-corrected chi connectivity index (χ1v) is 7.92. The lowest BCUT2D eigenvalue weighted by atomic mass is 10.2. The van der Waals surface area contributed by atoms with Gasteiger partial charge in [0.05, 0.1) is 5.56 Å². The smallest absolute Gasteiger partial charge is 0.257 e. The molecule has 1 N–H and O–H groups in total. The number of anilines is 1. The SMILES string of the molecule is CCNc1ncc(Br)cc1C(=O)N(C)CCSC. The number of halogens is 1. The van der Waals surface area contributed by atoms with Gasteiger partial charge >= 0.3 is 0 Å². The van der Waals surface area contributed by atoms with E-state index < -0.39 is 0 Å². The Hall–Kier alpha value is -0.750. The summed E-state index contributed by atoms with van der Waals surface area (Å²) in [5.41, 5.74) is 0.606. The van der Waals surface area contributed by atoms with Crippen LogP contribution in [0, 0.1) is 0 Å². The molecule has 1 aromatic heterocycles. The van der Waals surface area contributed by atoms with Gasteiger partial charge in [0.25, 0.3) is 5.91 Å². The normalized spacial score (nSPS) is 10.2. The van der Waals surface area contributed by atoms with Crippen LogP contribution in [0.15, 0.2) is 16.7 Å². The number of pyridine rings is 1. The molecule has 0 unspecified atom stereocenters. The summed E-state index contributed by atoms with van der Waals surface area (Å²) in [4.78, 5) is 18.3. The molecule has 6 heteroatoms. The van der Waals surface area contributed by atoms with Crippen LogP contribution < -0.4 is 5.32 Å². The zero-order valence-corrected chi connectivity index (χ0v) is 13.3. The summed E-state index contributed by atoms with van der Waals surface area (Å²) in [6.07, 6.45) is 3.72. The fraction of sp³-hybridized carbons (Fsp3) is 0.500. The molecule has 0 atom stereocenters. The van der Waals surface area contributed by atoms with Crippen LogP contribution in [-0.2, 0) is 0 Å². The van der Waals surface area contributed by atoms with Crippen molar-refractivity contribution in [2.24, 2.45) is 0 Å². The molecule has 4 nitrogen and oxygen atoms in total. The van der Waals surface area contributed by atoms with Crippen LogP contribution in [0.25, 0.3) is 0 Å². The van der Waals surface area contributed by atoms with Crippen LogP contribution in [0.4, 0.5) is 5.82 Å². The number of carbonyl (C=O) groups excluding carboxylic acids is 1. The van der Waals surface area contributed by atoms with Crippen LogP contribution in [0.5, 0.6) is 0 Å². The van der Waals surface area contributed by atoms with Crippen molar-refractivity contribution in [3.8, 4) is 0 Å². The van der Waals surface area contributed by atoms with Gasteiger partial charge in [-0.1, -0.05) is 0 Å². The van der Waals surface area contributed by atoms with E-state index in [1.54, 1.807) is 22.9 Å². The quantitative estimate of drug-likeness (QED) is 0.870. The van der Waals surface area contributed by atoms with Crippen LogP contribution in [0.2, 0.25) is 0 Å². The fourth-order valence-electron chi connectivity index (χ4n) is 1.45. The molecule has 1 heterocycles. The fourth-order valence-corrected chi connectivity index (χ4v) is 2.23. The number of nitrogens with one attached hydrogen (secondary N) is 1. The Morgan fingerprint density at radius 2 is 2.33 bits per heavy atom. The Bertz CT molecular complexity index is 414. The van der Waals surface area contributed by atoms with Gasteiger partial charge in [-0.15, -0.1) is 0 Å². The average Bonchev–Trinajstić information content (AvgIpc) is 2.37. The Morgan fingerprint density at radius 1 is 1.61 bits per heavy atom. The molecule has 1 rings (SSSR count). The number of thioether (sulfide) groups is 1. The van der Waals surface area contributed by atoms with E-state index in [0.29, 0.717) is 11.4 Å². The number of nitrogens with zero attached hydrogens (tertiary/aromatic N) is 2. The minimum atomic E-state index is -0.00574. The van der Waals surface area contributed by atoms with Crippen LogP contribution >= 0.6 is 27.7 Å². The van der Waals surface area contributed by atoms with Gasteiger partial charge in [-0.05, 0) is 35.2 Å². The molecule has 0 aliphatic rings. The van der Waals surface area contributed by atoms with E-state index in [4.69, 9.17) is 0 Å². The van der Waals surface area contributed by atoms with E-state index in [-0.39, 0.29) is 5.91 Å². The van der Waals surface area contributed by atoms with Crippen LogP contribution in [-0.4, -0.2) is 47.9 Å². The van der Waals surface area contributed by atoms with Crippen molar-refractivity contribution in [1.29, 1.82) is 0 Å². The first-order chi connectivity index (χ1) is 8.60. The van der Waals surface area contributed by atoms with Gasteiger partial charge in [-0.25, -0.2) is 4.98 Å². The summed E-state index contributed by atoms with van der Waals surface area (Å²) in [6.45, 7) is 3.46. The Kier molecular flexibility index (Phi) is 6.49. The molecule has 18 heavy (non-hydrogen) atoms. The lowest BCUT2D eigenvalue weighted by molar-refractivity contribution is 0.0804. The standard InChI is InChI=1S/C12H18BrN3OS/c1-4-14-11-10(7-9(13)8-15-11)12(17)16(2)5-6-18-3/h7-8H,4-6H2,1-3H3,(H,14,15). The summed E-state index contributed by atoms with van der Waals surface area (Å²) in [5.74, 6) is 1.57. The summed E-state index contributed by atoms with van der Waals surface area (Å²) < 4.78 is 0.811. The molecule has 1 aromatic rings. The van der Waals surface area contributed by atoms with Crippen molar-refractivity contribution in [3.63, 3.8) is 0 Å². The van der Waals surface area contributed by atoms with Gasteiger partial charge in [0, 0.05) is 36.6 Å². The number of aromatic nitrogens is 1. The Labute approximate surface area is 121 Å². The number of hydrogen-bond acceptors (Lipinski definition) is 4. The third kappa shape index (κ3) is 4.17. The maximum atomic E-state index is 12.3. The second-order valence-corrected chi connectivity index (χ2v) is 5.70. The number of carbonyl (C=O) groups is 1. The van der Waals surface area contributed by atoms with Crippen molar-refractivity contribution in [1.82, 2.24) is 9.88 Å². The van der Waals surface area contributed by atoms with Crippen molar-refractivity contribution in [2.75, 3.05) is 37.5 Å². The molecule has 0 fully saturated rings. The molecule has 0 aliphatic heterocycles. The second kappa shape index (κ2) is 7.63. The maximum absolute atomic E-state index is 12.3. The average molecular weight is 332 g/mol. The number of hydrogen-bond donors (Lipinski definition) is 1. The molecule has 0 saturated carbocycles. The third-order valence-corrected chi connectivity index (χ3v) is 3.43. The molecule has 1 amide bonds. The van der Waals surface area contributed by atoms with Crippen LogP contribution in [0.1, 0.15) is 17.3 Å². The van der Waals surface area contributed by atoms with E-state index in [9.17, 15) is 4.79 Å². The van der Waals surface area contributed by atoms with Crippen molar-refractivity contribution in [2.45, 2.75) is 6.92 Å². The van der Waals surface area contributed by atoms with Gasteiger partial charge in [0.1, 0.15) is 5.82 Å². The lowest BCUT2D eigenvalue weighted by Gasteiger charge is -2.18. The minimum absolute atomic E-state index is 0.00574. The van der Waals surface area contributed by atoms with Gasteiger partial charge in [-0.2, -0.15) is 11.8 Å². The predicted molar refractivity (Wildman–Crippen MR) is 81.4 cm³/mol. The molecule has 0 spiro atoms. The molecule has 0 saturated heterocycles. The van der Waals surface area contributed by atoms with E-state index in [0.717, 1.165) is 23.3 Å². The molecule has 0 aromatic carbocycles. The molecular weight excluding hydrogens is 314 g/mol. The van der Waals surface area contributed by atoms with E-state index >= 15 is 0 Å². The summed E-state index contributed by atoms with van der Waals surface area (Å²) >= 11 is 5.08. The second-order valence-electron chi connectivity index (χ2n) is 3.80. The highest BCUT2D eigenvalue weighted by Crippen LogP contribution is 2.19. The van der Waals surface area contributed by atoms with Gasteiger partial charge in [-0.3, -0.25) is 4.79 Å². The number of rotatable bonds is 6. The van der Waals surface area contributed by atoms with E-state index in [2.05, 4.69) is 26.2 Å². The van der Waals surface area contributed by atoms with Gasteiger partial charge < -0.3 is 10.2 Å². The highest BCUT2D eigenvalue weighted by Gasteiger charge is 2.16. The number of amides is 1. The Morgan fingerprint density at radius 3 is 2.94 bits per heavy atom. The lowest BCUT2D eigenvalue weighted by Crippen LogP contribution is -2.29. The molecule has 0 aliphatic carbocycles. The molecule has 0 bridgehead atoms. The Balaban J connectivity index is 2.91. The van der Waals surface area contributed by atoms with Crippen LogP contribution in [0.3, 0.4) is 0 Å². The molecular formula is C12H18BrN3OS. The zero-order valence-electron chi connectivity index (χ0n) is 10.9. The maximum Gasteiger partial charge on any atom is 0.257 e. The van der Waals surface area contributed by atoms with E-state index in [1.807, 2.05) is 26.3 Å². The highest BCUT2D eigenvalue weighted by atomic mass is 79.9. The van der Waals surface area contributed by atoms with Crippen molar-refractivity contribution < 1.29 is 4.79 Å². The van der Waals surface area contributed by atoms with Gasteiger partial charge in [0.2, 0.25) is 0 Å². The van der Waals surface area contributed by atoms with Crippen molar-refractivity contribution >= 4 is 39.4 Å². The summed E-state index contributed by atoms with van der Waals surface area (Å²) in [5, 5.41) is 3.11. The summed E-state index contributed by atoms with van der Waals surface area (Å²) in [7, 11) is 1.81. The molecule has 100 valence electrons.